The predicted molar refractivity (Wildman–Crippen MR) is 53.5 cm³/mol. The molecule has 0 aromatic heterocycles. The van der Waals surface area contributed by atoms with Crippen LogP contribution in [0.25, 0.3) is 0 Å². The van der Waals surface area contributed by atoms with E-state index in [1.54, 1.807) is 20.8 Å². The third-order valence-electron chi connectivity index (χ3n) is 1.99. The van der Waals surface area contributed by atoms with Crippen LogP contribution in [0.3, 0.4) is 0 Å². The van der Waals surface area contributed by atoms with Crippen molar-refractivity contribution in [1.82, 2.24) is 5.32 Å². The maximum Gasteiger partial charge on any atom is 0.153 e. The fourth-order valence-corrected chi connectivity index (χ4v) is 1.08. The Morgan fingerprint density at radius 3 is 2.23 bits per heavy atom. The van der Waals surface area contributed by atoms with Gasteiger partial charge in [-0.1, -0.05) is 0 Å². The molecule has 0 aliphatic heterocycles. The zero-order chi connectivity index (χ0) is 10.7. The van der Waals surface area contributed by atoms with Crippen LogP contribution in [-0.2, 0) is 9.84 Å². The largest absolute Gasteiger partial charge is 0.392 e. The minimum absolute atomic E-state index is 0.358. The monoisotopic (exact) mass is 209 g/mol. The van der Waals surface area contributed by atoms with Crippen molar-refractivity contribution in [3.05, 3.63) is 0 Å². The third kappa shape index (κ3) is 4.59. The van der Waals surface area contributed by atoms with Gasteiger partial charge in [0, 0.05) is 19.3 Å². The van der Waals surface area contributed by atoms with E-state index in [0.717, 1.165) is 0 Å². The second-order valence-corrected chi connectivity index (χ2v) is 6.66. The van der Waals surface area contributed by atoms with Gasteiger partial charge in [-0.2, -0.15) is 0 Å². The molecule has 0 bridgehead atoms. The van der Waals surface area contributed by atoms with E-state index in [1.165, 1.54) is 6.26 Å². The van der Waals surface area contributed by atoms with Crippen LogP contribution >= 0.6 is 0 Å². The SMILES string of the molecule is CC(O)CNCC(C)(C)S(C)(=O)=O. The average molecular weight is 209 g/mol. The van der Waals surface area contributed by atoms with Gasteiger partial charge in [0.1, 0.15) is 0 Å². The summed E-state index contributed by atoms with van der Waals surface area (Å²) in [6.45, 7) is 5.75. The zero-order valence-electron chi connectivity index (χ0n) is 8.66. The van der Waals surface area contributed by atoms with Crippen molar-refractivity contribution in [2.24, 2.45) is 0 Å². The summed E-state index contributed by atoms with van der Waals surface area (Å²) in [7, 11) is -3.04. The molecule has 0 aliphatic rings. The average Bonchev–Trinajstić information content (AvgIpc) is 1.82. The number of hydrogen-bond acceptors (Lipinski definition) is 4. The molecule has 1 atom stereocenters. The molecule has 0 amide bonds. The molecule has 0 rings (SSSR count). The minimum atomic E-state index is -3.04. The van der Waals surface area contributed by atoms with Gasteiger partial charge in [-0.3, -0.25) is 0 Å². The quantitative estimate of drug-likeness (QED) is 0.657. The van der Waals surface area contributed by atoms with E-state index in [0.29, 0.717) is 13.1 Å². The van der Waals surface area contributed by atoms with Crippen LogP contribution in [0.5, 0.6) is 0 Å². The second-order valence-electron chi connectivity index (χ2n) is 4.01. The smallest absolute Gasteiger partial charge is 0.153 e. The Balaban J connectivity index is 4.06. The molecule has 2 N–H and O–H groups in total. The van der Waals surface area contributed by atoms with Crippen LogP contribution in [-0.4, -0.2) is 43.7 Å². The third-order valence-corrected chi connectivity index (χ3v) is 4.15. The van der Waals surface area contributed by atoms with Crippen LogP contribution in [0.2, 0.25) is 0 Å². The molecule has 0 saturated heterocycles. The summed E-state index contributed by atoms with van der Waals surface area (Å²) in [5, 5.41) is 11.8. The first-order chi connectivity index (χ1) is 5.67. The Hall–Kier alpha value is -0.130. The van der Waals surface area contributed by atoms with E-state index in [1.807, 2.05) is 0 Å². The lowest BCUT2D eigenvalue weighted by Crippen LogP contribution is -2.43. The molecule has 0 aliphatic carbocycles. The fourth-order valence-electron chi connectivity index (χ4n) is 0.713. The van der Waals surface area contributed by atoms with E-state index >= 15 is 0 Å². The van der Waals surface area contributed by atoms with E-state index in [4.69, 9.17) is 5.11 Å². The molecule has 13 heavy (non-hydrogen) atoms. The predicted octanol–water partition coefficient (Wildman–Crippen LogP) is -0.220. The summed E-state index contributed by atoms with van der Waals surface area (Å²) in [5.74, 6) is 0. The van der Waals surface area contributed by atoms with E-state index in [9.17, 15) is 8.42 Å². The normalized spacial score (nSPS) is 15.8. The van der Waals surface area contributed by atoms with E-state index in [-0.39, 0.29) is 0 Å². The summed E-state index contributed by atoms with van der Waals surface area (Å²) in [5.41, 5.74) is 0. The number of rotatable bonds is 5. The Morgan fingerprint density at radius 2 is 1.92 bits per heavy atom. The molecule has 0 spiro atoms. The number of aliphatic hydroxyl groups is 1. The van der Waals surface area contributed by atoms with Crippen molar-refractivity contribution in [3.8, 4) is 0 Å². The van der Waals surface area contributed by atoms with Gasteiger partial charge in [0.2, 0.25) is 0 Å². The number of nitrogens with one attached hydrogen (secondary N) is 1. The van der Waals surface area contributed by atoms with Crippen molar-refractivity contribution < 1.29 is 13.5 Å². The highest BCUT2D eigenvalue weighted by molar-refractivity contribution is 7.92. The highest BCUT2D eigenvalue weighted by atomic mass is 32.2. The second kappa shape index (κ2) is 4.39. The van der Waals surface area contributed by atoms with Crippen LogP contribution in [0.4, 0.5) is 0 Å². The standard InChI is InChI=1S/C8H19NO3S/c1-7(10)5-9-6-8(2,3)13(4,11)12/h7,9-10H,5-6H2,1-4H3. The molecule has 0 aromatic carbocycles. The van der Waals surface area contributed by atoms with Crippen LogP contribution in [0.15, 0.2) is 0 Å². The summed E-state index contributed by atoms with van der Waals surface area (Å²) in [6.07, 6.45) is 0.771. The Morgan fingerprint density at radius 1 is 1.46 bits per heavy atom. The van der Waals surface area contributed by atoms with Crippen LogP contribution < -0.4 is 5.32 Å². The van der Waals surface area contributed by atoms with Crippen molar-refractivity contribution in [2.75, 3.05) is 19.3 Å². The molecule has 0 aromatic rings. The molecule has 0 heterocycles. The number of sulfone groups is 1. The van der Waals surface area contributed by atoms with Gasteiger partial charge in [-0.05, 0) is 20.8 Å². The van der Waals surface area contributed by atoms with Crippen molar-refractivity contribution in [2.45, 2.75) is 31.6 Å². The van der Waals surface area contributed by atoms with Crippen molar-refractivity contribution in [1.29, 1.82) is 0 Å². The molecule has 5 heteroatoms. The van der Waals surface area contributed by atoms with Gasteiger partial charge in [0.25, 0.3) is 0 Å². The molecular weight excluding hydrogens is 190 g/mol. The molecular formula is C8H19NO3S. The Bertz CT molecular complexity index is 244. The maximum atomic E-state index is 11.2. The Labute approximate surface area is 80.3 Å². The lowest BCUT2D eigenvalue weighted by molar-refractivity contribution is 0.190. The summed E-state index contributed by atoms with van der Waals surface area (Å²) >= 11 is 0. The number of hydrogen-bond donors (Lipinski definition) is 2. The van der Waals surface area contributed by atoms with Gasteiger partial charge in [0.05, 0.1) is 10.9 Å². The molecule has 1 unspecified atom stereocenters. The van der Waals surface area contributed by atoms with Crippen LogP contribution in [0.1, 0.15) is 20.8 Å². The van der Waals surface area contributed by atoms with Gasteiger partial charge in [-0.25, -0.2) is 8.42 Å². The number of aliphatic hydroxyl groups excluding tert-OH is 1. The first-order valence-electron chi connectivity index (χ1n) is 4.25. The zero-order valence-corrected chi connectivity index (χ0v) is 9.48. The Kier molecular flexibility index (Phi) is 4.35. The molecule has 0 saturated carbocycles. The molecule has 4 nitrogen and oxygen atoms in total. The van der Waals surface area contributed by atoms with Crippen LogP contribution in [0, 0.1) is 0 Å². The fraction of sp³-hybridized carbons (Fsp3) is 1.00. The topological polar surface area (TPSA) is 66.4 Å². The van der Waals surface area contributed by atoms with Gasteiger partial charge >= 0.3 is 0 Å². The minimum Gasteiger partial charge on any atom is -0.392 e. The summed E-state index contributed by atoms with van der Waals surface area (Å²) in [6, 6.07) is 0. The molecule has 0 fully saturated rings. The van der Waals surface area contributed by atoms with Crippen molar-refractivity contribution in [3.63, 3.8) is 0 Å². The van der Waals surface area contributed by atoms with E-state index in [2.05, 4.69) is 5.32 Å². The van der Waals surface area contributed by atoms with Gasteiger partial charge in [0.15, 0.2) is 9.84 Å². The lowest BCUT2D eigenvalue weighted by atomic mass is 10.2. The molecule has 80 valence electrons. The highest BCUT2D eigenvalue weighted by Gasteiger charge is 2.29. The van der Waals surface area contributed by atoms with Crippen molar-refractivity contribution >= 4 is 9.84 Å². The lowest BCUT2D eigenvalue weighted by Gasteiger charge is -2.23. The highest BCUT2D eigenvalue weighted by Crippen LogP contribution is 2.12. The van der Waals surface area contributed by atoms with Gasteiger partial charge in [-0.15, -0.1) is 0 Å². The summed E-state index contributed by atoms with van der Waals surface area (Å²) < 4.78 is 21.7. The first-order valence-corrected chi connectivity index (χ1v) is 6.14. The maximum absolute atomic E-state index is 11.2. The van der Waals surface area contributed by atoms with E-state index < -0.39 is 20.7 Å². The first kappa shape index (κ1) is 12.9. The summed E-state index contributed by atoms with van der Waals surface area (Å²) in [4.78, 5) is 0. The van der Waals surface area contributed by atoms with Gasteiger partial charge < -0.3 is 10.4 Å². The molecule has 0 radical (unpaired) electrons.